The van der Waals surface area contributed by atoms with Gasteiger partial charge in [-0.25, -0.2) is 0 Å². The Morgan fingerprint density at radius 2 is 1.93 bits per heavy atom. The van der Waals surface area contributed by atoms with Crippen LogP contribution in [0.15, 0.2) is 0 Å². The number of carbonyl (C=O) groups excluding carboxylic acids is 1. The molecule has 0 saturated heterocycles. The highest BCUT2D eigenvalue weighted by atomic mass is 16.5. The van der Waals surface area contributed by atoms with Gasteiger partial charge in [-0.1, -0.05) is 6.42 Å². The van der Waals surface area contributed by atoms with Crippen LogP contribution in [0.5, 0.6) is 0 Å². The van der Waals surface area contributed by atoms with E-state index in [4.69, 9.17) is 14.9 Å². The Bertz CT molecular complexity index is 238. The molecule has 1 fully saturated rings. The third kappa shape index (κ3) is 3.51. The van der Waals surface area contributed by atoms with Crippen LogP contribution in [0.25, 0.3) is 0 Å². The Kier molecular flexibility index (Phi) is 4.55. The molecule has 0 bridgehead atoms. The van der Waals surface area contributed by atoms with E-state index in [9.17, 15) is 9.59 Å². The molecule has 1 rings (SSSR count). The summed E-state index contributed by atoms with van der Waals surface area (Å²) in [7, 11) is 0. The van der Waals surface area contributed by atoms with E-state index in [1.807, 2.05) is 0 Å². The fourth-order valence-corrected chi connectivity index (χ4v) is 1.89. The van der Waals surface area contributed by atoms with Crippen molar-refractivity contribution < 1.29 is 24.5 Å². The Balaban J connectivity index is 2.41. The number of esters is 1. The summed E-state index contributed by atoms with van der Waals surface area (Å²) in [6, 6.07) is 0. The topological polar surface area (TPSA) is 83.8 Å². The molecule has 0 radical (unpaired) electrons. The van der Waals surface area contributed by atoms with E-state index in [0.29, 0.717) is 19.3 Å². The number of hydrogen-bond donors (Lipinski definition) is 2. The van der Waals surface area contributed by atoms with Crippen LogP contribution in [0.3, 0.4) is 0 Å². The van der Waals surface area contributed by atoms with Gasteiger partial charge in [0.1, 0.15) is 6.61 Å². The predicted octanol–water partition coefficient (Wildman–Crippen LogP) is 0.413. The van der Waals surface area contributed by atoms with Gasteiger partial charge in [-0.05, 0) is 19.3 Å². The monoisotopic (exact) mass is 216 g/mol. The molecule has 2 atom stereocenters. The highest BCUT2D eigenvalue weighted by Gasteiger charge is 2.31. The summed E-state index contributed by atoms with van der Waals surface area (Å²) in [6.45, 7) is -0.201. The Labute approximate surface area is 88.0 Å². The number of carboxylic acids is 1. The summed E-state index contributed by atoms with van der Waals surface area (Å²) in [6.07, 6.45) is 2.43. The molecular formula is C10H16O5. The predicted molar refractivity (Wildman–Crippen MR) is 51.1 cm³/mol. The minimum atomic E-state index is -0.838. The molecule has 1 saturated carbocycles. The first kappa shape index (κ1) is 12.0. The van der Waals surface area contributed by atoms with Gasteiger partial charge in [0.05, 0.1) is 18.4 Å². The maximum atomic E-state index is 11.4. The number of aliphatic hydroxyl groups is 1. The SMILES string of the molecule is O=C(O)C1CCCC(C(=O)OCCO)C1. The largest absolute Gasteiger partial charge is 0.481 e. The van der Waals surface area contributed by atoms with Crippen molar-refractivity contribution in [2.45, 2.75) is 25.7 Å². The smallest absolute Gasteiger partial charge is 0.309 e. The van der Waals surface area contributed by atoms with E-state index in [1.165, 1.54) is 0 Å². The number of rotatable bonds is 4. The van der Waals surface area contributed by atoms with Gasteiger partial charge in [-0.2, -0.15) is 0 Å². The standard InChI is InChI=1S/C10H16O5/c11-4-5-15-10(14)8-3-1-2-7(6-8)9(12)13/h7-8,11H,1-6H2,(H,12,13). The second kappa shape index (κ2) is 5.70. The Morgan fingerprint density at radius 1 is 1.27 bits per heavy atom. The Morgan fingerprint density at radius 3 is 2.53 bits per heavy atom. The van der Waals surface area contributed by atoms with Crippen molar-refractivity contribution >= 4 is 11.9 Å². The first-order valence-corrected chi connectivity index (χ1v) is 5.15. The van der Waals surface area contributed by atoms with E-state index < -0.39 is 11.9 Å². The first-order valence-electron chi connectivity index (χ1n) is 5.15. The lowest BCUT2D eigenvalue weighted by Gasteiger charge is -2.24. The van der Waals surface area contributed by atoms with E-state index in [0.717, 1.165) is 6.42 Å². The second-order valence-corrected chi connectivity index (χ2v) is 3.79. The highest BCUT2D eigenvalue weighted by Crippen LogP contribution is 2.29. The van der Waals surface area contributed by atoms with Crippen molar-refractivity contribution in [1.29, 1.82) is 0 Å². The number of aliphatic hydroxyl groups excluding tert-OH is 1. The average Bonchev–Trinajstić information content (AvgIpc) is 2.26. The molecule has 2 unspecified atom stereocenters. The normalized spacial score (nSPS) is 25.9. The van der Waals surface area contributed by atoms with Crippen LogP contribution < -0.4 is 0 Å². The molecule has 0 aromatic carbocycles. The highest BCUT2D eigenvalue weighted by molar-refractivity contribution is 5.75. The van der Waals surface area contributed by atoms with Crippen LogP contribution in [0, 0.1) is 11.8 Å². The lowest BCUT2D eigenvalue weighted by molar-refractivity contribution is -0.153. The van der Waals surface area contributed by atoms with Crippen molar-refractivity contribution in [2.24, 2.45) is 11.8 Å². The lowest BCUT2D eigenvalue weighted by atomic mass is 9.81. The summed E-state index contributed by atoms with van der Waals surface area (Å²) in [5.41, 5.74) is 0. The average molecular weight is 216 g/mol. The van der Waals surface area contributed by atoms with Crippen LogP contribution in [0.1, 0.15) is 25.7 Å². The maximum Gasteiger partial charge on any atom is 0.309 e. The number of aliphatic carboxylic acids is 1. The summed E-state index contributed by atoms with van der Waals surface area (Å²) in [5, 5.41) is 17.3. The van der Waals surface area contributed by atoms with E-state index in [2.05, 4.69) is 0 Å². The van der Waals surface area contributed by atoms with Crippen molar-refractivity contribution in [1.82, 2.24) is 0 Å². The van der Waals surface area contributed by atoms with Crippen molar-refractivity contribution in [2.75, 3.05) is 13.2 Å². The van der Waals surface area contributed by atoms with Crippen LogP contribution >= 0.6 is 0 Å². The van der Waals surface area contributed by atoms with E-state index in [-0.39, 0.29) is 25.1 Å². The minimum absolute atomic E-state index is 0.00687. The van der Waals surface area contributed by atoms with Gasteiger partial charge >= 0.3 is 11.9 Å². The summed E-state index contributed by atoms with van der Waals surface area (Å²) >= 11 is 0. The summed E-state index contributed by atoms with van der Waals surface area (Å²) < 4.78 is 4.78. The first-order chi connectivity index (χ1) is 7.15. The molecular weight excluding hydrogens is 200 g/mol. The van der Waals surface area contributed by atoms with Gasteiger partial charge in [0.2, 0.25) is 0 Å². The molecule has 0 heterocycles. The zero-order valence-corrected chi connectivity index (χ0v) is 8.52. The maximum absolute atomic E-state index is 11.4. The number of ether oxygens (including phenoxy) is 1. The molecule has 0 aromatic heterocycles. The summed E-state index contributed by atoms with van der Waals surface area (Å²) in [4.78, 5) is 22.1. The summed E-state index contributed by atoms with van der Waals surface area (Å²) in [5.74, 6) is -1.96. The fraction of sp³-hybridized carbons (Fsp3) is 0.800. The molecule has 0 aliphatic heterocycles. The molecule has 0 spiro atoms. The molecule has 15 heavy (non-hydrogen) atoms. The second-order valence-electron chi connectivity index (χ2n) is 3.79. The van der Waals surface area contributed by atoms with Crippen molar-refractivity contribution in [3.8, 4) is 0 Å². The Hall–Kier alpha value is -1.10. The lowest BCUT2D eigenvalue weighted by Crippen LogP contribution is -2.29. The van der Waals surface area contributed by atoms with E-state index in [1.54, 1.807) is 0 Å². The van der Waals surface area contributed by atoms with Crippen LogP contribution in [0.4, 0.5) is 0 Å². The number of hydrogen-bond acceptors (Lipinski definition) is 4. The van der Waals surface area contributed by atoms with Crippen LogP contribution in [0.2, 0.25) is 0 Å². The van der Waals surface area contributed by atoms with Gasteiger partial charge in [-0.15, -0.1) is 0 Å². The molecule has 1 aliphatic rings. The molecule has 0 aromatic rings. The molecule has 1 aliphatic carbocycles. The molecule has 5 heteroatoms. The third-order valence-electron chi connectivity index (χ3n) is 2.69. The van der Waals surface area contributed by atoms with Gasteiger partial charge in [0.25, 0.3) is 0 Å². The van der Waals surface area contributed by atoms with Crippen molar-refractivity contribution in [3.05, 3.63) is 0 Å². The minimum Gasteiger partial charge on any atom is -0.481 e. The molecule has 0 amide bonds. The number of carbonyl (C=O) groups is 2. The van der Waals surface area contributed by atoms with Gasteiger partial charge in [0, 0.05) is 0 Å². The third-order valence-corrected chi connectivity index (χ3v) is 2.69. The van der Waals surface area contributed by atoms with Crippen molar-refractivity contribution in [3.63, 3.8) is 0 Å². The quantitative estimate of drug-likeness (QED) is 0.665. The number of carboxylic acid groups (broad SMARTS) is 1. The molecule has 2 N–H and O–H groups in total. The van der Waals surface area contributed by atoms with Gasteiger partial charge in [-0.3, -0.25) is 9.59 Å². The van der Waals surface area contributed by atoms with Gasteiger partial charge < -0.3 is 14.9 Å². The molecule has 86 valence electrons. The fourth-order valence-electron chi connectivity index (χ4n) is 1.89. The van der Waals surface area contributed by atoms with Crippen LogP contribution in [-0.2, 0) is 14.3 Å². The van der Waals surface area contributed by atoms with Gasteiger partial charge in [0.15, 0.2) is 0 Å². The molecule has 5 nitrogen and oxygen atoms in total. The zero-order chi connectivity index (χ0) is 11.3. The van der Waals surface area contributed by atoms with E-state index >= 15 is 0 Å². The zero-order valence-electron chi connectivity index (χ0n) is 8.52. The van der Waals surface area contributed by atoms with Crippen LogP contribution in [-0.4, -0.2) is 35.4 Å².